The molecule has 0 atom stereocenters. The summed E-state index contributed by atoms with van der Waals surface area (Å²) in [5, 5.41) is 13.8. The van der Waals surface area contributed by atoms with Gasteiger partial charge in [0, 0.05) is 6.42 Å². The number of anilines is 3. The van der Waals surface area contributed by atoms with Crippen molar-refractivity contribution >= 4 is 40.8 Å². The number of nitrogens with one attached hydrogen (secondary N) is 2. The van der Waals surface area contributed by atoms with E-state index < -0.39 is 5.97 Å². The van der Waals surface area contributed by atoms with E-state index in [4.69, 9.17) is 11.6 Å². The zero-order valence-corrected chi connectivity index (χ0v) is 13.3. The minimum atomic E-state index is -0.464. The van der Waals surface area contributed by atoms with Crippen molar-refractivity contribution in [3.8, 4) is 0 Å². The summed E-state index contributed by atoms with van der Waals surface area (Å²) in [5.74, 6) is 0.169. The van der Waals surface area contributed by atoms with E-state index in [0.29, 0.717) is 34.3 Å². The molecule has 0 fully saturated rings. The number of esters is 1. The van der Waals surface area contributed by atoms with Crippen LogP contribution >= 0.6 is 11.6 Å². The Labute approximate surface area is 138 Å². The van der Waals surface area contributed by atoms with E-state index >= 15 is 0 Å². The summed E-state index contributed by atoms with van der Waals surface area (Å²) in [6.45, 7) is 1.75. The smallest absolute Gasteiger partial charge is 0.337 e. The molecule has 0 saturated carbocycles. The molecule has 0 aliphatic carbocycles. The highest BCUT2D eigenvalue weighted by Crippen LogP contribution is 2.26. The average molecular weight is 335 g/mol. The minimum Gasteiger partial charge on any atom is -0.465 e. The van der Waals surface area contributed by atoms with Crippen LogP contribution in [0.25, 0.3) is 0 Å². The molecule has 0 unspecified atom stereocenters. The lowest BCUT2D eigenvalue weighted by Gasteiger charge is -2.09. The number of halogens is 1. The van der Waals surface area contributed by atoms with Gasteiger partial charge < -0.3 is 15.4 Å². The Morgan fingerprint density at radius 2 is 1.87 bits per heavy atom. The Bertz CT molecular complexity index is 719. The first kappa shape index (κ1) is 16.7. The highest BCUT2D eigenvalue weighted by Gasteiger charge is 2.10. The first-order valence-corrected chi connectivity index (χ1v) is 7.19. The second-order valence-corrected chi connectivity index (χ2v) is 4.92. The molecule has 1 heterocycles. The molecule has 2 N–H and O–H groups in total. The molecule has 23 heavy (non-hydrogen) atoms. The monoisotopic (exact) mass is 334 g/mol. The fourth-order valence-electron chi connectivity index (χ4n) is 1.70. The van der Waals surface area contributed by atoms with Gasteiger partial charge in [-0.1, -0.05) is 18.5 Å². The topological polar surface area (TPSA) is 93.2 Å². The summed E-state index contributed by atoms with van der Waals surface area (Å²) in [7, 11) is 1.30. The largest absolute Gasteiger partial charge is 0.465 e. The van der Waals surface area contributed by atoms with Crippen LogP contribution < -0.4 is 10.6 Å². The van der Waals surface area contributed by atoms with Crippen LogP contribution in [0.2, 0.25) is 5.02 Å². The standard InChI is InChI=1S/C15H15ClN4O3/c1-3-14(21)18-13-7-6-12(19-20-13)17-11-8-9(15(22)23-2)4-5-10(11)16/h4-8H,3H2,1-2H3,(H,17,19)(H,18,20,21). The van der Waals surface area contributed by atoms with Gasteiger partial charge in [-0.15, -0.1) is 10.2 Å². The molecule has 120 valence electrons. The molecule has 0 radical (unpaired) electrons. The second-order valence-electron chi connectivity index (χ2n) is 4.52. The summed E-state index contributed by atoms with van der Waals surface area (Å²) in [6, 6.07) is 7.96. The van der Waals surface area contributed by atoms with Gasteiger partial charge in [0.25, 0.3) is 0 Å². The van der Waals surface area contributed by atoms with Crippen LogP contribution in [0.3, 0.4) is 0 Å². The molecule has 1 amide bonds. The number of rotatable bonds is 5. The van der Waals surface area contributed by atoms with Crippen molar-refractivity contribution in [1.82, 2.24) is 10.2 Å². The molecule has 0 saturated heterocycles. The molecule has 0 aliphatic heterocycles. The lowest BCUT2D eigenvalue weighted by Crippen LogP contribution is -2.11. The van der Waals surface area contributed by atoms with Crippen LogP contribution in [-0.2, 0) is 9.53 Å². The Kier molecular flexibility index (Phi) is 5.48. The third-order valence-corrected chi connectivity index (χ3v) is 3.23. The van der Waals surface area contributed by atoms with Gasteiger partial charge in [0.2, 0.25) is 5.91 Å². The van der Waals surface area contributed by atoms with E-state index in [0.717, 1.165) is 0 Å². The van der Waals surface area contributed by atoms with E-state index in [1.807, 2.05) is 0 Å². The predicted molar refractivity (Wildman–Crippen MR) is 87.0 cm³/mol. The van der Waals surface area contributed by atoms with E-state index in [2.05, 4.69) is 25.6 Å². The first-order valence-electron chi connectivity index (χ1n) is 6.82. The maximum absolute atomic E-state index is 11.5. The highest BCUT2D eigenvalue weighted by molar-refractivity contribution is 6.33. The highest BCUT2D eigenvalue weighted by atomic mass is 35.5. The van der Waals surface area contributed by atoms with Gasteiger partial charge in [-0.25, -0.2) is 4.79 Å². The van der Waals surface area contributed by atoms with Gasteiger partial charge in [0.15, 0.2) is 11.6 Å². The van der Waals surface area contributed by atoms with E-state index in [9.17, 15) is 9.59 Å². The summed E-state index contributed by atoms with van der Waals surface area (Å²) in [6.07, 6.45) is 0.359. The number of hydrogen-bond acceptors (Lipinski definition) is 6. The van der Waals surface area contributed by atoms with Gasteiger partial charge in [0.05, 0.1) is 23.4 Å². The molecule has 2 aromatic rings. The number of methoxy groups -OCH3 is 1. The summed E-state index contributed by atoms with van der Waals surface area (Å²) < 4.78 is 4.67. The third-order valence-electron chi connectivity index (χ3n) is 2.90. The number of benzene rings is 1. The number of carbonyl (C=O) groups is 2. The Morgan fingerprint density at radius 3 is 2.48 bits per heavy atom. The van der Waals surface area contributed by atoms with E-state index in [1.54, 1.807) is 37.3 Å². The SMILES string of the molecule is CCC(=O)Nc1ccc(Nc2cc(C(=O)OC)ccc2Cl)nn1. The Morgan fingerprint density at radius 1 is 1.17 bits per heavy atom. The van der Waals surface area contributed by atoms with Gasteiger partial charge in [-0.3, -0.25) is 4.79 Å². The van der Waals surface area contributed by atoms with Crippen molar-refractivity contribution in [2.45, 2.75) is 13.3 Å². The zero-order chi connectivity index (χ0) is 16.8. The van der Waals surface area contributed by atoms with Gasteiger partial charge >= 0.3 is 5.97 Å². The number of carbonyl (C=O) groups excluding carboxylic acids is 2. The van der Waals surface area contributed by atoms with Crippen LogP contribution in [0, 0.1) is 0 Å². The summed E-state index contributed by atoms with van der Waals surface area (Å²) in [4.78, 5) is 22.8. The molecule has 2 rings (SSSR count). The Balaban J connectivity index is 2.15. The molecule has 1 aromatic carbocycles. The fourth-order valence-corrected chi connectivity index (χ4v) is 1.87. The third kappa shape index (κ3) is 4.40. The van der Waals surface area contributed by atoms with Gasteiger partial charge in [-0.05, 0) is 30.3 Å². The number of hydrogen-bond donors (Lipinski definition) is 2. The average Bonchev–Trinajstić information content (AvgIpc) is 2.57. The van der Waals surface area contributed by atoms with Gasteiger partial charge in [0.1, 0.15) is 0 Å². The Hall–Kier alpha value is -2.67. The first-order chi connectivity index (χ1) is 11.0. The fraction of sp³-hybridized carbons (Fsp3) is 0.200. The number of amides is 1. The second kappa shape index (κ2) is 7.55. The number of aromatic nitrogens is 2. The van der Waals surface area contributed by atoms with Crippen LogP contribution in [0.1, 0.15) is 23.7 Å². The molecule has 7 nitrogen and oxygen atoms in total. The predicted octanol–water partition coefficient (Wildman–Crippen LogP) is 3.01. The molecule has 0 bridgehead atoms. The lowest BCUT2D eigenvalue weighted by atomic mass is 10.2. The van der Waals surface area contributed by atoms with Crippen LogP contribution in [0.5, 0.6) is 0 Å². The maximum atomic E-state index is 11.5. The number of nitrogens with zero attached hydrogens (tertiary/aromatic N) is 2. The van der Waals surface area contributed by atoms with Crippen molar-refractivity contribution < 1.29 is 14.3 Å². The zero-order valence-electron chi connectivity index (χ0n) is 12.6. The van der Waals surface area contributed by atoms with E-state index in [-0.39, 0.29) is 5.91 Å². The number of ether oxygens (including phenoxy) is 1. The lowest BCUT2D eigenvalue weighted by molar-refractivity contribution is -0.115. The summed E-state index contributed by atoms with van der Waals surface area (Å²) >= 11 is 6.09. The van der Waals surface area contributed by atoms with Crippen molar-refractivity contribution in [3.63, 3.8) is 0 Å². The minimum absolute atomic E-state index is 0.145. The van der Waals surface area contributed by atoms with Crippen LogP contribution in [-0.4, -0.2) is 29.2 Å². The molecule has 8 heteroatoms. The van der Waals surface area contributed by atoms with Gasteiger partial charge in [-0.2, -0.15) is 0 Å². The molecule has 0 aliphatic rings. The molecular weight excluding hydrogens is 320 g/mol. The normalized spacial score (nSPS) is 10.0. The van der Waals surface area contributed by atoms with Crippen molar-refractivity contribution in [3.05, 3.63) is 40.9 Å². The van der Waals surface area contributed by atoms with Crippen molar-refractivity contribution in [1.29, 1.82) is 0 Å². The van der Waals surface area contributed by atoms with Crippen LogP contribution in [0.15, 0.2) is 30.3 Å². The van der Waals surface area contributed by atoms with Crippen molar-refractivity contribution in [2.75, 3.05) is 17.7 Å². The van der Waals surface area contributed by atoms with Crippen molar-refractivity contribution in [2.24, 2.45) is 0 Å². The van der Waals surface area contributed by atoms with Crippen LogP contribution in [0.4, 0.5) is 17.3 Å². The summed E-state index contributed by atoms with van der Waals surface area (Å²) in [5.41, 5.74) is 0.855. The quantitative estimate of drug-likeness (QED) is 0.816. The van der Waals surface area contributed by atoms with E-state index in [1.165, 1.54) is 7.11 Å². The molecular formula is C15H15ClN4O3. The maximum Gasteiger partial charge on any atom is 0.337 e. The molecule has 1 aromatic heterocycles. The molecule has 0 spiro atoms.